The van der Waals surface area contributed by atoms with Gasteiger partial charge in [0.1, 0.15) is 11.9 Å². The maximum atomic E-state index is 14.3. The van der Waals surface area contributed by atoms with Gasteiger partial charge in [-0.05, 0) is 36.2 Å². The molecule has 1 aromatic rings. The second-order valence-electron chi connectivity index (χ2n) is 4.82. The third kappa shape index (κ3) is 3.85. The van der Waals surface area contributed by atoms with Gasteiger partial charge in [-0.15, -0.1) is 0 Å². The molecule has 1 aromatic carbocycles. The van der Waals surface area contributed by atoms with E-state index >= 15 is 0 Å². The van der Waals surface area contributed by atoms with Crippen LogP contribution in [-0.4, -0.2) is 19.8 Å². The van der Waals surface area contributed by atoms with Gasteiger partial charge >= 0.3 is 0 Å². The Balaban J connectivity index is 2.86. The molecule has 0 heterocycles. The summed E-state index contributed by atoms with van der Waals surface area (Å²) < 4.78 is 19.5. The minimum absolute atomic E-state index is 0.145. The van der Waals surface area contributed by atoms with E-state index < -0.39 is 6.17 Å². The molecule has 0 saturated carbocycles. The molecular weight excluding hydrogens is 253 g/mol. The summed E-state index contributed by atoms with van der Waals surface area (Å²) in [7, 11) is 1.57. The largest absolute Gasteiger partial charge is 0.496 e. The molecule has 1 rings (SSSR count). The number of halogens is 2. The van der Waals surface area contributed by atoms with Gasteiger partial charge in [0.15, 0.2) is 0 Å². The summed E-state index contributed by atoms with van der Waals surface area (Å²) in [5, 5.41) is 0.590. The van der Waals surface area contributed by atoms with Gasteiger partial charge < -0.3 is 10.5 Å². The summed E-state index contributed by atoms with van der Waals surface area (Å²) in [5.41, 5.74) is 6.42. The summed E-state index contributed by atoms with van der Waals surface area (Å²) in [4.78, 5) is 0. The van der Waals surface area contributed by atoms with Crippen LogP contribution in [0.25, 0.3) is 0 Å². The molecule has 0 radical (unpaired) electrons. The SMILES string of the molecule is COc1ccc(Cl)cc1CC(F)C(CN)C(C)C. The monoisotopic (exact) mass is 273 g/mol. The fourth-order valence-electron chi connectivity index (χ4n) is 2.11. The highest BCUT2D eigenvalue weighted by atomic mass is 35.5. The number of rotatable bonds is 6. The first-order chi connectivity index (χ1) is 8.49. The molecule has 2 unspecified atom stereocenters. The molecule has 0 aliphatic heterocycles. The van der Waals surface area contributed by atoms with Crippen LogP contribution in [0.5, 0.6) is 5.75 Å². The van der Waals surface area contributed by atoms with E-state index in [1.165, 1.54) is 0 Å². The zero-order chi connectivity index (χ0) is 13.7. The maximum absolute atomic E-state index is 14.3. The molecular formula is C14H21ClFNO. The molecule has 0 saturated heterocycles. The topological polar surface area (TPSA) is 35.2 Å². The molecule has 0 spiro atoms. The van der Waals surface area contributed by atoms with E-state index in [4.69, 9.17) is 22.1 Å². The summed E-state index contributed by atoms with van der Waals surface area (Å²) in [6, 6.07) is 5.25. The Morgan fingerprint density at radius 1 is 1.39 bits per heavy atom. The lowest BCUT2D eigenvalue weighted by molar-refractivity contribution is 0.184. The third-order valence-electron chi connectivity index (χ3n) is 3.25. The van der Waals surface area contributed by atoms with Crippen LogP contribution in [0.1, 0.15) is 19.4 Å². The molecule has 2 atom stereocenters. The Bertz CT molecular complexity index is 384. The molecule has 0 fully saturated rings. The number of alkyl halides is 1. The molecule has 102 valence electrons. The average Bonchev–Trinajstić information content (AvgIpc) is 2.29. The molecule has 2 nitrogen and oxygen atoms in total. The van der Waals surface area contributed by atoms with E-state index in [2.05, 4.69) is 0 Å². The van der Waals surface area contributed by atoms with E-state index in [0.717, 1.165) is 5.56 Å². The number of ether oxygens (including phenoxy) is 1. The van der Waals surface area contributed by atoms with Crippen LogP contribution < -0.4 is 10.5 Å². The van der Waals surface area contributed by atoms with Crippen LogP contribution >= 0.6 is 11.6 Å². The van der Waals surface area contributed by atoms with Crippen molar-refractivity contribution in [3.63, 3.8) is 0 Å². The smallest absolute Gasteiger partial charge is 0.122 e. The third-order valence-corrected chi connectivity index (χ3v) is 3.49. The predicted molar refractivity (Wildman–Crippen MR) is 74.0 cm³/mol. The normalized spacial score (nSPS) is 14.6. The van der Waals surface area contributed by atoms with Gasteiger partial charge in [0.05, 0.1) is 7.11 Å². The van der Waals surface area contributed by atoms with Crippen molar-refractivity contribution in [1.29, 1.82) is 0 Å². The van der Waals surface area contributed by atoms with E-state index in [1.54, 1.807) is 25.3 Å². The lowest BCUT2D eigenvalue weighted by Gasteiger charge is -2.23. The zero-order valence-corrected chi connectivity index (χ0v) is 11.9. The first kappa shape index (κ1) is 15.3. The van der Waals surface area contributed by atoms with Gasteiger partial charge in [0.25, 0.3) is 0 Å². The lowest BCUT2D eigenvalue weighted by atomic mass is 9.88. The molecule has 0 aliphatic carbocycles. The van der Waals surface area contributed by atoms with Crippen molar-refractivity contribution in [2.45, 2.75) is 26.4 Å². The van der Waals surface area contributed by atoms with E-state index in [-0.39, 0.29) is 18.3 Å². The second-order valence-corrected chi connectivity index (χ2v) is 5.26. The maximum Gasteiger partial charge on any atom is 0.122 e. The van der Waals surface area contributed by atoms with Gasteiger partial charge in [-0.25, -0.2) is 4.39 Å². The van der Waals surface area contributed by atoms with Gasteiger partial charge in [0.2, 0.25) is 0 Å². The van der Waals surface area contributed by atoms with Crippen molar-refractivity contribution < 1.29 is 9.13 Å². The van der Waals surface area contributed by atoms with Gasteiger partial charge in [-0.3, -0.25) is 0 Å². The molecule has 0 aromatic heterocycles. The van der Waals surface area contributed by atoms with Crippen molar-refractivity contribution in [2.24, 2.45) is 17.6 Å². The van der Waals surface area contributed by atoms with Gasteiger partial charge in [-0.2, -0.15) is 0 Å². The van der Waals surface area contributed by atoms with Crippen molar-refractivity contribution >= 4 is 11.6 Å². The van der Waals surface area contributed by atoms with E-state index in [9.17, 15) is 4.39 Å². The van der Waals surface area contributed by atoms with Crippen LogP contribution in [0.3, 0.4) is 0 Å². The molecule has 0 amide bonds. The Morgan fingerprint density at radius 2 is 2.06 bits per heavy atom. The number of hydrogen-bond donors (Lipinski definition) is 1. The summed E-state index contributed by atoms with van der Waals surface area (Å²) in [5.74, 6) is 0.741. The van der Waals surface area contributed by atoms with Crippen molar-refractivity contribution in [3.05, 3.63) is 28.8 Å². The lowest BCUT2D eigenvalue weighted by Crippen LogP contribution is -2.30. The highest BCUT2D eigenvalue weighted by Crippen LogP contribution is 2.28. The van der Waals surface area contributed by atoms with Crippen molar-refractivity contribution in [1.82, 2.24) is 0 Å². The minimum Gasteiger partial charge on any atom is -0.496 e. The Morgan fingerprint density at radius 3 is 2.56 bits per heavy atom. The summed E-state index contributed by atoms with van der Waals surface area (Å²) in [6.07, 6.45) is -0.702. The quantitative estimate of drug-likeness (QED) is 0.861. The van der Waals surface area contributed by atoms with E-state index in [1.807, 2.05) is 13.8 Å². The second kappa shape index (κ2) is 6.95. The highest BCUT2D eigenvalue weighted by Gasteiger charge is 2.24. The molecule has 2 N–H and O–H groups in total. The van der Waals surface area contributed by atoms with Gasteiger partial charge in [-0.1, -0.05) is 25.4 Å². The van der Waals surface area contributed by atoms with Crippen LogP contribution in [-0.2, 0) is 6.42 Å². The highest BCUT2D eigenvalue weighted by molar-refractivity contribution is 6.30. The molecule has 18 heavy (non-hydrogen) atoms. The predicted octanol–water partition coefficient (Wildman–Crippen LogP) is 3.46. The van der Waals surface area contributed by atoms with Crippen LogP contribution in [0.2, 0.25) is 5.02 Å². The molecule has 4 heteroatoms. The summed E-state index contributed by atoms with van der Waals surface area (Å²) >= 11 is 5.93. The first-order valence-corrected chi connectivity index (χ1v) is 6.54. The number of hydrogen-bond acceptors (Lipinski definition) is 2. The standard InChI is InChI=1S/C14H21ClFNO/c1-9(2)12(8-17)13(16)7-10-6-11(15)4-5-14(10)18-3/h4-6,9,12-13H,7-8,17H2,1-3H3. The molecule has 0 aliphatic rings. The fourth-order valence-corrected chi connectivity index (χ4v) is 2.30. The average molecular weight is 274 g/mol. The van der Waals surface area contributed by atoms with Crippen molar-refractivity contribution in [3.8, 4) is 5.75 Å². The zero-order valence-electron chi connectivity index (χ0n) is 11.1. The number of nitrogens with two attached hydrogens (primary N) is 1. The first-order valence-electron chi connectivity index (χ1n) is 6.16. The summed E-state index contributed by atoms with van der Waals surface area (Å²) in [6.45, 7) is 4.32. The Kier molecular flexibility index (Phi) is 5.89. The molecule has 0 bridgehead atoms. The van der Waals surface area contributed by atoms with Crippen LogP contribution in [0, 0.1) is 11.8 Å². The fraction of sp³-hybridized carbons (Fsp3) is 0.571. The number of benzene rings is 1. The Hall–Kier alpha value is -0.800. The Labute approximate surface area is 113 Å². The van der Waals surface area contributed by atoms with E-state index in [0.29, 0.717) is 17.3 Å². The van der Waals surface area contributed by atoms with Crippen molar-refractivity contribution in [2.75, 3.05) is 13.7 Å². The van der Waals surface area contributed by atoms with Gasteiger partial charge in [0, 0.05) is 17.4 Å². The van der Waals surface area contributed by atoms with Crippen LogP contribution in [0.15, 0.2) is 18.2 Å². The van der Waals surface area contributed by atoms with Crippen LogP contribution in [0.4, 0.5) is 4.39 Å². The minimum atomic E-state index is -0.984. The number of methoxy groups -OCH3 is 1.